The van der Waals surface area contributed by atoms with Crippen LogP contribution in [0.25, 0.3) is 0 Å². The van der Waals surface area contributed by atoms with Crippen LogP contribution in [0.4, 0.5) is 4.79 Å². The first-order valence-electron chi connectivity index (χ1n) is 4.97. The van der Waals surface area contributed by atoms with E-state index in [2.05, 4.69) is 10.6 Å². The van der Waals surface area contributed by atoms with Crippen molar-refractivity contribution < 1.29 is 9.59 Å². The minimum Gasteiger partial charge on any atom is -0.350 e. The van der Waals surface area contributed by atoms with Crippen LogP contribution in [0.1, 0.15) is 19.8 Å². The quantitative estimate of drug-likeness (QED) is 0.637. The van der Waals surface area contributed by atoms with Gasteiger partial charge in [0, 0.05) is 26.1 Å². The Kier molecular flexibility index (Phi) is 2.31. The van der Waals surface area contributed by atoms with Crippen molar-refractivity contribution >= 4 is 11.9 Å². The molecule has 0 aromatic carbocycles. The lowest BCUT2D eigenvalue weighted by molar-refractivity contribution is -0.120. The average molecular weight is 197 g/mol. The van der Waals surface area contributed by atoms with Crippen LogP contribution in [-0.4, -0.2) is 42.0 Å². The Morgan fingerprint density at radius 2 is 1.79 bits per heavy atom. The van der Waals surface area contributed by atoms with Gasteiger partial charge in [0.1, 0.15) is 0 Å². The molecule has 1 saturated carbocycles. The second-order valence-corrected chi connectivity index (χ2v) is 4.03. The summed E-state index contributed by atoms with van der Waals surface area (Å²) in [6.07, 6.45) is 2.21. The molecule has 0 unspecified atom stereocenters. The van der Waals surface area contributed by atoms with E-state index in [0.29, 0.717) is 19.1 Å². The van der Waals surface area contributed by atoms with Gasteiger partial charge in [0.15, 0.2) is 0 Å². The molecule has 2 N–H and O–H groups in total. The maximum Gasteiger partial charge on any atom is 0.317 e. The number of nitrogens with zero attached hydrogens (tertiary/aromatic N) is 1. The Labute approximate surface area is 82.8 Å². The Hall–Kier alpha value is -1.26. The fourth-order valence-electron chi connectivity index (χ4n) is 1.52. The molecule has 2 aliphatic rings. The fraction of sp³-hybridized carbons (Fsp3) is 0.778. The van der Waals surface area contributed by atoms with Crippen LogP contribution in [0.15, 0.2) is 0 Å². The molecule has 0 aromatic heterocycles. The molecule has 0 spiro atoms. The summed E-state index contributed by atoms with van der Waals surface area (Å²) in [6.45, 7) is 2.77. The van der Waals surface area contributed by atoms with Crippen LogP contribution in [0.5, 0.6) is 0 Å². The molecule has 5 heteroatoms. The van der Waals surface area contributed by atoms with E-state index in [-0.39, 0.29) is 18.0 Å². The summed E-state index contributed by atoms with van der Waals surface area (Å²) < 4.78 is 0. The molecule has 1 saturated heterocycles. The third kappa shape index (κ3) is 2.16. The van der Waals surface area contributed by atoms with Crippen molar-refractivity contribution in [2.24, 2.45) is 0 Å². The number of urea groups is 1. The average Bonchev–Trinajstić information content (AvgIpc) is 2.78. The van der Waals surface area contributed by atoms with E-state index in [1.165, 1.54) is 6.92 Å². The minimum atomic E-state index is -0.0303. The van der Waals surface area contributed by atoms with Gasteiger partial charge in [-0.15, -0.1) is 0 Å². The van der Waals surface area contributed by atoms with Crippen molar-refractivity contribution in [2.45, 2.75) is 31.8 Å². The van der Waals surface area contributed by atoms with E-state index in [1.807, 2.05) is 0 Å². The van der Waals surface area contributed by atoms with Gasteiger partial charge in [0.05, 0.1) is 6.04 Å². The van der Waals surface area contributed by atoms with E-state index in [9.17, 15) is 9.59 Å². The molecule has 1 aliphatic heterocycles. The number of hydrogen-bond donors (Lipinski definition) is 2. The molecule has 14 heavy (non-hydrogen) atoms. The first-order chi connectivity index (χ1) is 6.65. The van der Waals surface area contributed by atoms with Crippen molar-refractivity contribution in [3.63, 3.8) is 0 Å². The van der Waals surface area contributed by atoms with E-state index >= 15 is 0 Å². The largest absolute Gasteiger partial charge is 0.350 e. The summed E-state index contributed by atoms with van der Waals surface area (Å²) in [5, 5.41) is 5.68. The summed E-state index contributed by atoms with van der Waals surface area (Å²) in [6, 6.07) is 0.564. The summed E-state index contributed by atoms with van der Waals surface area (Å²) in [5.41, 5.74) is 0. The maximum atomic E-state index is 11.4. The van der Waals surface area contributed by atoms with Crippen molar-refractivity contribution in [1.29, 1.82) is 0 Å². The van der Waals surface area contributed by atoms with Crippen LogP contribution in [0.3, 0.4) is 0 Å². The molecule has 2 rings (SSSR count). The summed E-state index contributed by atoms with van der Waals surface area (Å²) in [4.78, 5) is 23.8. The molecule has 1 heterocycles. The highest BCUT2D eigenvalue weighted by molar-refractivity contribution is 5.77. The number of rotatable bonds is 2. The first-order valence-corrected chi connectivity index (χ1v) is 4.97. The lowest BCUT2D eigenvalue weighted by atomic mass is 10.1. The Balaban J connectivity index is 1.65. The third-order valence-electron chi connectivity index (χ3n) is 2.48. The van der Waals surface area contributed by atoms with Gasteiger partial charge in [-0.3, -0.25) is 4.79 Å². The molecule has 0 bridgehead atoms. The van der Waals surface area contributed by atoms with E-state index in [4.69, 9.17) is 0 Å². The van der Waals surface area contributed by atoms with Crippen LogP contribution in [0, 0.1) is 0 Å². The van der Waals surface area contributed by atoms with E-state index < -0.39 is 0 Å². The Bertz CT molecular complexity index is 257. The van der Waals surface area contributed by atoms with Crippen LogP contribution in [-0.2, 0) is 4.79 Å². The maximum absolute atomic E-state index is 11.4. The summed E-state index contributed by atoms with van der Waals surface area (Å²) in [7, 11) is 0. The molecule has 5 nitrogen and oxygen atoms in total. The highest BCUT2D eigenvalue weighted by Crippen LogP contribution is 2.19. The van der Waals surface area contributed by atoms with Crippen LogP contribution < -0.4 is 10.6 Å². The highest BCUT2D eigenvalue weighted by Gasteiger charge is 2.33. The van der Waals surface area contributed by atoms with Crippen molar-refractivity contribution in [3.8, 4) is 0 Å². The first kappa shape index (κ1) is 9.30. The molecular weight excluding hydrogens is 182 g/mol. The highest BCUT2D eigenvalue weighted by atomic mass is 16.2. The Morgan fingerprint density at radius 3 is 2.29 bits per heavy atom. The van der Waals surface area contributed by atoms with Gasteiger partial charge in [0.25, 0.3) is 0 Å². The van der Waals surface area contributed by atoms with Gasteiger partial charge in [-0.25, -0.2) is 4.79 Å². The predicted octanol–water partition coefficient (Wildman–Crippen LogP) is -0.321. The predicted molar refractivity (Wildman–Crippen MR) is 50.7 cm³/mol. The van der Waals surface area contributed by atoms with Gasteiger partial charge >= 0.3 is 6.03 Å². The van der Waals surface area contributed by atoms with Crippen LogP contribution >= 0.6 is 0 Å². The summed E-state index contributed by atoms with van der Waals surface area (Å²) in [5.74, 6) is -0.0303. The number of nitrogens with one attached hydrogen (secondary N) is 2. The molecule has 2 fully saturated rings. The number of likely N-dealkylation sites (tertiary alicyclic amines) is 1. The van der Waals surface area contributed by atoms with Gasteiger partial charge in [-0.2, -0.15) is 0 Å². The molecule has 78 valence electrons. The normalized spacial score (nSPS) is 21.4. The molecule has 0 radical (unpaired) electrons. The van der Waals surface area contributed by atoms with Crippen molar-refractivity contribution in [2.75, 3.05) is 13.1 Å². The monoisotopic (exact) mass is 197 g/mol. The number of carbonyl (C=O) groups excluding carboxylic acids is 2. The second kappa shape index (κ2) is 3.48. The van der Waals surface area contributed by atoms with Gasteiger partial charge in [0.2, 0.25) is 5.91 Å². The SMILES string of the molecule is CC(=O)NC1CN(C(=O)NC2CC2)C1. The van der Waals surface area contributed by atoms with Gasteiger partial charge in [-0.1, -0.05) is 0 Å². The zero-order valence-corrected chi connectivity index (χ0v) is 8.25. The molecule has 0 atom stereocenters. The fourth-order valence-corrected chi connectivity index (χ4v) is 1.52. The zero-order valence-electron chi connectivity index (χ0n) is 8.25. The molecule has 3 amide bonds. The Morgan fingerprint density at radius 1 is 1.14 bits per heavy atom. The molecule has 1 aliphatic carbocycles. The lowest BCUT2D eigenvalue weighted by Crippen LogP contribution is -2.62. The minimum absolute atomic E-state index is 0.00843. The summed E-state index contributed by atoms with van der Waals surface area (Å²) >= 11 is 0. The number of carbonyl (C=O) groups is 2. The zero-order chi connectivity index (χ0) is 10.1. The number of hydrogen-bond acceptors (Lipinski definition) is 2. The van der Waals surface area contributed by atoms with E-state index in [1.54, 1.807) is 4.90 Å². The van der Waals surface area contributed by atoms with Crippen molar-refractivity contribution in [1.82, 2.24) is 15.5 Å². The van der Waals surface area contributed by atoms with Crippen molar-refractivity contribution in [3.05, 3.63) is 0 Å². The standard InChI is InChI=1S/C9H15N3O2/c1-6(13)10-8-4-12(5-8)9(14)11-7-2-3-7/h7-8H,2-5H2,1H3,(H,10,13)(H,11,14). The topological polar surface area (TPSA) is 61.4 Å². The van der Waals surface area contributed by atoms with E-state index in [0.717, 1.165) is 12.8 Å². The third-order valence-corrected chi connectivity index (χ3v) is 2.48. The second-order valence-electron chi connectivity index (χ2n) is 4.03. The molecular formula is C9H15N3O2. The van der Waals surface area contributed by atoms with Crippen LogP contribution in [0.2, 0.25) is 0 Å². The smallest absolute Gasteiger partial charge is 0.317 e. The van der Waals surface area contributed by atoms with Gasteiger partial charge < -0.3 is 15.5 Å². The number of amides is 3. The molecule has 0 aromatic rings. The lowest BCUT2D eigenvalue weighted by Gasteiger charge is -2.39. The van der Waals surface area contributed by atoms with Gasteiger partial charge in [-0.05, 0) is 12.8 Å².